The van der Waals surface area contributed by atoms with E-state index in [0.717, 1.165) is 6.20 Å². The number of halogens is 2. The van der Waals surface area contributed by atoms with Crippen LogP contribution < -0.4 is 5.73 Å². The van der Waals surface area contributed by atoms with Crippen LogP contribution in [0, 0.1) is 0 Å². The van der Waals surface area contributed by atoms with Crippen LogP contribution in [0.25, 0.3) is 0 Å². The molecule has 0 fully saturated rings. The fraction of sp³-hybridized carbons (Fsp3) is 0.375. The molecule has 0 radical (unpaired) electrons. The minimum absolute atomic E-state index is 0.177. The van der Waals surface area contributed by atoms with Gasteiger partial charge >= 0.3 is 0 Å². The Balaban J connectivity index is 3.08. The molecule has 0 aliphatic heterocycles. The predicted molar refractivity (Wildman–Crippen MR) is 43.0 cm³/mol. The van der Waals surface area contributed by atoms with Crippen molar-refractivity contribution in [1.82, 2.24) is 4.98 Å². The van der Waals surface area contributed by atoms with Crippen molar-refractivity contribution < 1.29 is 13.9 Å². The third kappa shape index (κ3) is 2.19. The highest BCUT2D eigenvalue weighted by molar-refractivity contribution is 5.27. The average molecular weight is 188 g/mol. The Kier molecular flexibility index (Phi) is 3.27. The van der Waals surface area contributed by atoms with E-state index in [-0.39, 0.29) is 17.7 Å². The summed E-state index contributed by atoms with van der Waals surface area (Å²) in [6.45, 7) is -0.244. The maximum absolute atomic E-state index is 12.3. The molecule has 0 saturated heterocycles. The zero-order chi connectivity index (χ0) is 9.84. The van der Waals surface area contributed by atoms with E-state index in [1.54, 1.807) is 0 Å². The minimum atomic E-state index is -2.61. The van der Waals surface area contributed by atoms with Crippen molar-refractivity contribution in [2.75, 3.05) is 0 Å². The predicted octanol–water partition coefficient (Wildman–Crippen LogP) is 0.970. The Morgan fingerprint density at radius 1 is 1.54 bits per heavy atom. The van der Waals surface area contributed by atoms with Gasteiger partial charge in [0.25, 0.3) is 6.43 Å². The van der Waals surface area contributed by atoms with Crippen molar-refractivity contribution in [3.8, 4) is 0 Å². The van der Waals surface area contributed by atoms with Crippen LogP contribution in [-0.2, 0) is 13.2 Å². The van der Waals surface area contributed by atoms with E-state index in [2.05, 4.69) is 4.98 Å². The average Bonchev–Trinajstić information content (AvgIpc) is 2.16. The summed E-state index contributed by atoms with van der Waals surface area (Å²) in [4.78, 5) is 3.71. The van der Waals surface area contributed by atoms with Gasteiger partial charge in [-0.05, 0) is 11.6 Å². The molecule has 1 aromatic heterocycles. The van der Waals surface area contributed by atoms with Crippen LogP contribution in [0.3, 0.4) is 0 Å². The summed E-state index contributed by atoms with van der Waals surface area (Å²) in [7, 11) is 0. The van der Waals surface area contributed by atoms with Gasteiger partial charge in [-0.2, -0.15) is 0 Å². The third-order valence-electron chi connectivity index (χ3n) is 1.70. The largest absolute Gasteiger partial charge is 0.392 e. The standard InChI is InChI=1S/C8H10F2N2O/c9-8(10)7-3-12-6(2-11)1-5(7)4-13/h1,3,8,13H,2,4,11H2. The Morgan fingerprint density at radius 3 is 2.69 bits per heavy atom. The number of aromatic nitrogens is 1. The molecule has 1 aromatic rings. The van der Waals surface area contributed by atoms with E-state index in [1.807, 2.05) is 0 Å². The molecule has 0 saturated carbocycles. The van der Waals surface area contributed by atoms with Gasteiger partial charge in [0.2, 0.25) is 0 Å². The maximum Gasteiger partial charge on any atom is 0.265 e. The van der Waals surface area contributed by atoms with Crippen molar-refractivity contribution in [2.24, 2.45) is 5.73 Å². The molecule has 0 aliphatic carbocycles. The molecule has 1 rings (SSSR count). The van der Waals surface area contributed by atoms with E-state index >= 15 is 0 Å². The van der Waals surface area contributed by atoms with Gasteiger partial charge in [0.1, 0.15) is 0 Å². The highest BCUT2D eigenvalue weighted by atomic mass is 19.3. The van der Waals surface area contributed by atoms with Gasteiger partial charge in [0, 0.05) is 18.3 Å². The van der Waals surface area contributed by atoms with Gasteiger partial charge in [-0.25, -0.2) is 8.78 Å². The van der Waals surface area contributed by atoms with Crippen LogP contribution >= 0.6 is 0 Å². The number of nitrogens with zero attached hydrogens (tertiary/aromatic N) is 1. The van der Waals surface area contributed by atoms with E-state index in [0.29, 0.717) is 5.69 Å². The van der Waals surface area contributed by atoms with Gasteiger partial charge in [-0.3, -0.25) is 4.98 Å². The molecule has 1 heterocycles. The van der Waals surface area contributed by atoms with Gasteiger partial charge in [-0.15, -0.1) is 0 Å². The summed E-state index contributed by atoms with van der Waals surface area (Å²) in [5.41, 5.74) is 5.71. The van der Waals surface area contributed by atoms with E-state index in [4.69, 9.17) is 10.8 Å². The van der Waals surface area contributed by atoms with Crippen molar-refractivity contribution in [2.45, 2.75) is 19.6 Å². The highest BCUT2D eigenvalue weighted by Gasteiger charge is 2.13. The molecule has 0 spiro atoms. The number of aliphatic hydroxyl groups is 1. The first-order valence-corrected chi connectivity index (χ1v) is 3.75. The number of aliphatic hydroxyl groups excluding tert-OH is 1. The number of alkyl halides is 2. The summed E-state index contributed by atoms with van der Waals surface area (Å²) in [6, 6.07) is 1.39. The van der Waals surface area contributed by atoms with Gasteiger partial charge in [0.15, 0.2) is 0 Å². The molecular formula is C8H10F2N2O. The summed E-state index contributed by atoms with van der Waals surface area (Å²) in [5, 5.41) is 8.79. The second kappa shape index (κ2) is 4.25. The third-order valence-corrected chi connectivity index (χ3v) is 1.70. The molecule has 5 heteroatoms. The highest BCUT2D eigenvalue weighted by Crippen LogP contribution is 2.22. The topological polar surface area (TPSA) is 59.1 Å². The number of rotatable bonds is 3. The second-order valence-corrected chi connectivity index (χ2v) is 2.54. The summed E-state index contributed by atoms with van der Waals surface area (Å²) < 4.78 is 24.5. The van der Waals surface area contributed by atoms with Gasteiger partial charge < -0.3 is 10.8 Å². The molecule has 72 valence electrons. The van der Waals surface area contributed by atoms with E-state index in [9.17, 15) is 8.78 Å². The fourth-order valence-corrected chi connectivity index (χ4v) is 1.00. The molecular weight excluding hydrogens is 178 g/mol. The zero-order valence-electron chi connectivity index (χ0n) is 6.87. The van der Waals surface area contributed by atoms with Crippen LogP contribution in [0.2, 0.25) is 0 Å². The van der Waals surface area contributed by atoms with Crippen LogP contribution in [0.4, 0.5) is 8.78 Å². The Labute approximate surface area is 74.2 Å². The summed E-state index contributed by atoms with van der Waals surface area (Å²) in [6.07, 6.45) is -1.56. The van der Waals surface area contributed by atoms with E-state index in [1.165, 1.54) is 6.07 Å². The quantitative estimate of drug-likeness (QED) is 0.743. The monoisotopic (exact) mass is 188 g/mol. The Morgan fingerprint density at radius 2 is 2.23 bits per heavy atom. The maximum atomic E-state index is 12.3. The lowest BCUT2D eigenvalue weighted by Crippen LogP contribution is -2.03. The Hall–Kier alpha value is -1.07. The molecule has 0 aromatic carbocycles. The molecule has 0 unspecified atom stereocenters. The lowest BCUT2D eigenvalue weighted by Gasteiger charge is -2.06. The number of pyridine rings is 1. The van der Waals surface area contributed by atoms with Crippen molar-refractivity contribution in [1.29, 1.82) is 0 Å². The van der Waals surface area contributed by atoms with Crippen LogP contribution in [-0.4, -0.2) is 10.1 Å². The lowest BCUT2D eigenvalue weighted by atomic mass is 10.1. The van der Waals surface area contributed by atoms with Crippen molar-refractivity contribution >= 4 is 0 Å². The molecule has 0 aliphatic rings. The first-order chi connectivity index (χ1) is 6.19. The van der Waals surface area contributed by atoms with Gasteiger partial charge in [-0.1, -0.05) is 0 Å². The van der Waals surface area contributed by atoms with Crippen LogP contribution in [0.5, 0.6) is 0 Å². The van der Waals surface area contributed by atoms with Crippen molar-refractivity contribution in [3.63, 3.8) is 0 Å². The molecule has 3 nitrogen and oxygen atoms in total. The fourth-order valence-electron chi connectivity index (χ4n) is 1.00. The number of nitrogens with two attached hydrogens (primary N) is 1. The molecule has 13 heavy (non-hydrogen) atoms. The summed E-state index contributed by atoms with van der Waals surface area (Å²) >= 11 is 0. The van der Waals surface area contributed by atoms with Crippen LogP contribution in [0.1, 0.15) is 23.2 Å². The normalized spacial score (nSPS) is 10.8. The molecule has 0 amide bonds. The first kappa shape index (κ1) is 10.0. The molecule has 3 N–H and O–H groups in total. The number of hydrogen-bond donors (Lipinski definition) is 2. The molecule has 0 bridgehead atoms. The minimum Gasteiger partial charge on any atom is -0.392 e. The van der Waals surface area contributed by atoms with E-state index < -0.39 is 13.0 Å². The zero-order valence-corrected chi connectivity index (χ0v) is 6.87. The van der Waals surface area contributed by atoms with Gasteiger partial charge in [0.05, 0.1) is 12.3 Å². The summed E-state index contributed by atoms with van der Waals surface area (Å²) in [5.74, 6) is 0. The lowest BCUT2D eigenvalue weighted by molar-refractivity contribution is 0.146. The van der Waals surface area contributed by atoms with Crippen molar-refractivity contribution in [3.05, 3.63) is 29.1 Å². The smallest absolute Gasteiger partial charge is 0.265 e. The first-order valence-electron chi connectivity index (χ1n) is 3.75. The second-order valence-electron chi connectivity index (χ2n) is 2.54. The number of hydrogen-bond acceptors (Lipinski definition) is 3. The van der Waals surface area contributed by atoms with Crippen LogP contribution in [0.15, 0.2) is 12.3 Å². The Bertz CT molecular complexity index is 291. The molecule has 0 atom stereocenters. The SMILES string of the molecule is NCc1cc(CO)c(C(F)F)cn1.